The molecule has 118 valence electrons. The first-order valence-electron chi connectivity index (χ1n) is 6.45. The van der Waals surface area contributed by atoms with E-state index in [2.05, 4.69) is 5.32 Å². The number of amides is 1. The zero-order valence-electron chi connectivity index (χ0n) is 11.9. The molecule has 0 bridgehead atoms. The Morgan fingerprint density at radius 1 is 1.33 bits per heavy atom. The van der Waals surface area contributed by atoms with E-state index in [4.69, 9.17) is 23.2 Å². The molecule has 1 amide bonds. The topological polar surface area (TPSA) is 66.5 Å². The largest absolute Gasteiger partial charge is 0.355 e. The lowest BCUT2D eigenvalue weighted by molar-refractivity contribution is -0.119. The summed E-state index contributed by atoms with van der Waals surface area (Å²) < 4.78 is 24.7. The van der Waals surface area contributed by atoms with Crippen LogP contribution in [-0.4, -0.2) is 33.7 Å². The number of nitrogens with zero attached hydrogens (tertiary/aromatic N) is 1. The summed E-state index contributed by atoms with van der Waals surface area (Å²) in [7, 11) is -3.63. The number of hydrogen-bond acceptors (Lipinski definition) is 3. The van der Waals surface area contributed by atoms with Gasteiger partial charge in [-0.3, -0.25) is 9.10 Å². The minimum absolute atomic E-state index is 0.175. The SMILES string of the molecule is CCCCNC(=O)CN(c1ccc(Cl)cc1Cl)S(C)(=O)=O. The average molecular weight is 353 g/mol. The second kappa shape index (κ2) is 7.87. The zero-order chi connectivity index (χ0) is 16.0. The van der Waals surface area contributed by atoms with E-state index in [0.29, 0.717) is 11.6 Å². The number of nitrogens with one attached hydrogen (secondary N) is 1. The van der Waals surface area contributed by atoms with Crippen molar-refractivity contribution < 1.29 is 13.2 Å². The van der Waals surface area contributed by atoms with Gasteiger partial charge in [0.1, 0.15) is 6.54 Å². The Balaban J connectivity index is 2.95. The van der Waals surface area contributed by atoms with E-state index in [0.717, 1.165) is 23.4 Å². The molecule has 0 radical (unpaired) electrons. The molecule has 21 heavy (non-hydrogen) atoms. The Hall–Kier alpha value is -0.980. The fraction of sp³-hybridized carbons (Fsp3) is 0.462. The van der Waals surface area contributed by atoms with Crippen LogP contribution >= 0.6 is 23.2 Å². The third kappa shape index (κ3) is 5.73. The summed E-state index contributed by atoms with van der Waals surface area (Å²) in [5, 5.41) is 3.24. The van der Waals surface area contributed by atoms with Gasteiger partial charge in [-0.25, -0.2) is 8.42 Å². The van der Waals surface area contributed by atoms with E-state index < -0.39 is 10.0 Å². The lowest BCUT2D eigenvalue weighted by Crippen LogP contribution is -2.40. The molecule has 0 heterocycles. The molecule has 8 heteroatoms. The van der Waals surface area contributed by atoms with Crippen molar-refractivity contribution >= 4 is 44.8 Å². The molecule has 0 saturated heterocycles. The third-order valence-corrected chi connectivity index (χ3v) is 4.38. The summed E-state index contributed by atoms with van der Waals surface area (Å²) >= 11 is 11.8. The van der Waals surface area contributed by atoms with Crippen LogP contribution in [0.1, 0.15) is 19.8 Å². The van der Waals surface area contributed by atoms with Gasteiger partial charge in [0.15, 0.2) is 0 Å². The van der Waals surface area contributed by atoms with Crippen LogP contribution in [0.2, 0.25) is 10.0 Å². The molecule has 1 rings (SSSR count). The number of carbonyl (C=O) groups is 1. The van der Waals surface area contributed by atoms with Crippen molar-refractivity contribution in [2.24, 2.45) is 0 Å². The quantitative estimate of drug-likeness (QED) is 0.767. The Labute approximate surface area is 135 Å². The summed E-state index contributed by atoms with van der Waals surface area (Å²) in [4.78, 5) is 11.8. The van der Waals surface area contributed by atoms with Gasteiger partial charge in [0.05, 0.1) is 17.0 Å². The normalized spacial score (nSPS) is 11.2. The predicted octanol–water partition coefficient (Wildman–Crippen LogP) is 2.68. The molecule has 0 unspecified atom stereocenters. The number of sulfonamides is 1. The second-order valence-electron chi connectivity index (χ2n) is 4.57. The molecule has 0 fully saturated rings. The molecule has 0 atom stereocenters. The molecule has 0 spiro atoms. The van der Waals surface area contributed by atoms with E-state index in [1.165, 1.54) is 18.2 Å². The van der Waals surface area contributed by atoms with E-state index >= 15 is 0 Å². The van der Waals surface area contributed by atoms with Crippen LogP contribution < -0.4 is 9.62 Å². The van der Waals surface area contributed by atoms with Crippen molar-refractivity contribution in [3.63, 3.8) is 0 Å². The summed E-state index contributed by atoms with van der Waals surface area (Å²) in [6, 6.07) is 4.44. The standard InChI is InChI=1S/C13H18Cl2N2O3S/c1-3-4-7-16-13(18)9-17(21(2,19)20)12-6-5-10(14)8-11(12)15/h5-6,8H,3-4,7,9H2,1-2H3,(H,16,18). The first kappa shape index (κ1) is 18.1. The number of rotatable bonds is 7. The van der Waals surface area contributed by atoms with Crippen molar-refractivity contribution in [2.45, 2.75) is 19.8 Å². The van der Waals surface area contributed by atoms with Crippen LogP contribution in [0.15, 0.2) is 18.2 Å². The zero-order valence-corrected chi connectivity index (χ0v) is 14.2. The van der Waals surface area contributed by atoms with Crippen LogP contribution in [0.3, 0.4) is 0 Å². The molecule has 0 saturated carbocycles. The molecule has 1 aromatic carbocycles. The average Bonchev–Trinajstić information content (AvgIpc) is 2.36. The van der Waals surface area contributed by atoms with Crippen LogP contribution in [0.25, 0.3) is 0 Å². The number of halogens is 2. The summed E-state index contributed by atoms with van der Waals surface area (Å²) in [6.45, 7) is 2.20. The Kier molecular flexibility index (Phi) is 6.77. The number of anilines is 1. The van der Waals surface area contributed by atoms with Crippen LogP contribution in [0, 0.1) is 0 Å². The number of hydrogen-bond donors (Lipinski definition) is 1. The lowest BCUT2D eigenvalue weighted by Gasteiger charge is -2.23. The summed E-state index contributed by atoms with van der Waals surface area (Å²) in [5.74, 6) is -0.375. The monoisotopic (exact) mass is 352 g/mol. The predicted molar refractivity (Wildman–Crippen MR) is 86.6 cm³/mol. The van der Waals surface area contributed by atoms with Gasteiger partial charge >= 0.3 is 0 Å². The molecular weight excluding hydrogens is 335 g/mol. The number of benzene rings is 1. The fourth-order valence-electron chi connectivity index (χ4n) is 1.66. The highest BCUT2D eigenvalue weighted by atomic mass is 35.5. The molecule has 1 N–H and O–H groups in total. The van der Waals surface area contributed by atoms with Crippen molar-refractivity contribution in [3.05, 3.63) is 28.2 Å². The van der Waals surface area contributed by atoms with E-state index in [1.807, 2.05) is 6.92 Å². The summed E-state index contributed by atoms with van der Waals surface area (Å²) in [5.41, 5.74) is 0.231. The minimum Gasteiger partial charge on any atom is -0.355 e. The van der Waals surface area contributed by atoms with Crippen LogP contribution in [-0.2, 0) is 14.8 Å². The van der Waals surface area contributed by atoms with Crippen LogP contribution in [0.4, 0.5) is 5.69 Å². The van der Waals surface area contributed by atoms with E-state index in [9.17, 15) is 13.2 Å². The van der Waals surface area contributed by atoms with Crippen molar-refractivity contribution in [2.75, 3.05) is 23.7 Å². The third-order valence-electron chi connectivity index (χ3n) is 2.72. The van der Waals surface area contributed by atoms with Gasteiger partial charge in [0, 0.05) is 11.6 Å². The number of unbranched alkanes of at least 4 members (excludes halogenated alkanes) is 1. The molecule has 0 aromatic heterocycles. The van der Waals surface area contributed by atoms with E-state index in [-0.39, 0.29) is 23.2 Å². The molecular formula is C13H18Cl2N2O3S. The molecule has 0 aliphatic heterocycles. The lowest BCUT2D eigenvalue weighted by atomic mass is 10.3. The second-order valence-corrected chi connectivity index (χ2v) is 7.32. The maximum absolute atomic E-state index is 11.9. The Morgan fingerprint density at radius 3 is 2.52 bits per heavy atom. The molecule has 5 nitrogen and oxygen atoms in total. The first-order valence-corrected chi connectivity index (χ1v) is 9.05. The van der Waals surface area contributed by atoms with Gasteiger partial charge < -0.3 is 5.32 Å². The summed E-state index contributed by atoms with van der Waals surface area (Å²) in [6.07, 6.45) is 2.81. The molecule has 1 aromatic rings. The van der Waals surface area contributed by atoms with Gasteiger partial charge in [-0.05, 0) is 24.6 Å². The fourth-order valence-corrected chi connectivity index (χ4v) is 3.08. The van der Waals surface area contributed by atoms with E-state index in [1.54, 1.807) is 0 Å². The Morgan fingerprint density at radius 2 is 2.00 bits per heavy atom. The first-order chi connectivity index (χ1) is 9.75. The minimum atomic E-state index is -3.63. The maximum Gasteiger partial charge on any atom is 0.240 e. The maximum atomic E-state index is 11.9. The molecule has 0 aliphatic carbocycles. The van der Waals surface area contributed by atoms with Crippen molar-refractivity contribution in [3.8, 4) is 0 Å². The molecule has 0 aliphatic rings. The van der Waals surface area contributed by atoms with Crippen LogP contribution in [0.5, 0.6) is 0 Å². The van der Waals surface area contributed by atoms with Crippen molar-refractivity contribution in [1.29, 1.82) is 0 Å². The highest BCUT2D eigenvalue weighted by molar-refractivity contribution is 7.92. The highest BCUT2D eigenvalue weighted by Crippen LogP contribution is 2.30. The van der Waals surface area contributed by atoms with Gasteiger partial charge in [-0.1, -0.05) is 36.5 Å². The highest BCUT2D eigenvalue weighted by Gasteiger charge is 2.22. The van der Waals surface area contributed by atoms with Gasteiger partial charge in [-0.2, -0.15) is 0 Å². The smallest absolute Gasteiger partial charge is 0.240 e. The van der Waals surface area contributed by atoms with Gasteiger partial charge in [-0.15, -0.1) is 0 Å². The van der Waals surface area contributed by atoms with Gasteiger partial charge in [0.2, 0.25) is 15.9 Å². The Bertz CT molecular complexity index is 605. The van der Waals surface area contributed by atoms with Crippen molar-refractivity contribution in [1.82, 2.24) is 5.32 Å². The number of carbonyl (C=O) groups excluding carboxylic acids is 1. The van der Waals surface area contributed by atoms with Gasteiger partial charge in [0.25, 0.3) is 0 Å².